The van der Waals surface area contributed by atoms with Crippen LogP contribution in [0.15, 0.2) is 24.4 Å². The summed E-state index contributed by atoms with van der Waals surface area (Å²) in [4.78, 5) is 1.98. The van der Waals surface area contributed by atoms with Gasteiger partial charge in [-0.05, 0) is 31.4 Å². The van der Waals surface area contributed by atoms with Crippen LogP contribution >= 0.6 is 0 Å². The fourth-order valence-electron chi connectivity index (χ4n) is 2.59. The first-order valence-electron chi connectivity index (χ1n) is 7.10. The van der Waals surface area contributed by atoms with Crippen molar-refractivity contribution in [2.45, 2.75) is 25.8 Å². The van der Waals surface area contributed by atoms with Gasteiger partial charge in [0.25, 0.3) is 0 Å². The van der Waals surface area contributed by atoms with E-state index in [9.17, 15) is 4.39 Å². The summed E-state index contributed by atoms with van der Waals surface area (Å²) in [6.45, 7) is 6.71. The van der Waals surface area contributed by atoms with Crippen molar-refractivity contribution in [3.05, 3.63) is 35.8 Å². The highest BCUT2D eigenvalue weighted by Gasteiger charge is 2.28. The van der Waals surface area contributed by atoms with Crippen molar-refractivity contribution >= 4 is 22.6 Å². The molecule has 1 aromatic carbocycles. The van der Waals surface area contributed by atoms with Gasteiger partial charge < -0.3 is 16.0 Å². The minimum absolute atomic E-state index is 0.111. The Morgan fingerprint density at radius 1 is 1.57 bits per heavy atom. The lowest BCUT2D eigenvalue weighted by Gasteiger charge is -2.30. The number of nitrogens with one attached hydrogen (secondary N) is 1. The zero-order valence-corrected chi connectivity index (χ0v) is 12.0. The molecule has 0 spiro atoms. The molecule has 1 heterocycles. The second-order valence-electron chi connectivity index (χ2n) is 5.42. The summed E-state index contributed by atoms with van der Waals surface area (Å²) >= 11 is 0. The van der Waals surface area contributed by atoms with Gasteiger partial charge in [0.1, 0.15) is 0 Å². The largest absolute Gasteiger partial charge is 0.396 e. The number of anilines is 3. The monoisotopic (exact) mass is 283 g/mol. The predicted molar refractivity (Wildman–Crippen MR) is 86.4 cm³/mol. The lowest BCUT2D eigenvalue weighted by atomic mass is 9.92. The van der Waals surface area contributed by atoms with Gasteiger partial charge in [0.15, 0.2) is 5.82 Å². The third-order valence-electron chi connectivity index (χ3n) is 3.93. The van der Waals surface area contributed by atoms with Gasteiger partial charge in [-0.15, -0.1) is 6.42 Å². The Balaban J connectivity index is 2.16. The number of allylic oxidation sites excluding steroid dienone is 2. The van der Waals surface area contributed by atoms with Crippen LogP contribution in [0.5, 0.6) is 0 Å². The maximum Gasteiger partial charge on any atom is 0.169 e. The fraction of sp³-hybridized carbons (Fsp3) is 0.294. The zero-order chi connectivity index (χ0) is 15.1. The number of rotatable bonds is 3. The molecule has 3 N–H and O–H groups in total. The molecule has 1 aliphatic heterocycles. The van der Waals surface area contributed by atoms with Crippen LogP contribution in [0.4, 0.5) is 21.5 Å². The van der Waals surface area contributed by atoms with Gasteiger partial charge in [-0.2, -0.15) is 0 Å². The van der Waals surface area contributed by atoms with E-state index in [0.29, 0.717) is 28.4 Å². The van der Waals surface area contributed by atoms with Crippen LogP contribution in [0.1, 0.15) is 25.3 Å². The van der Waals surface area contributed by atoms with Crippen LogP contribution in [0.3, 0.4) is 0 Å². The average Bonchev–Trinajstić information content (AvgIpc) is 3.28. The minimum Gasteiger partial charge on any atom is -0.396 e. The third-order valence-corrected chi connectivity index (χ3v) is 3.93. The topological polar surface area (TPSA) is 41.3 Å². The molecule has 1 aromatic rings. The Kier molecular flexibility index (Phi) is 3.13. The number of hydrogen-bond acceptors (Lipinski definition) is 3. The van der Waals surface area contributed by atoms with Crippen LogP contribution in [-0.4, -0.2) is 12.6 Å². The summed E-state index contributed by atoms with van der Waals surface area (Å²) < 4.78 is 14.5. The molecule has 1 saturated carbocycles. The van der Waals surface area contributed by atoms with Crippen LogP contribution in [0.2, 0.25) is 0 Å². The summed E-state index contributed by atoms with van der Waals surface area (Å²) in [6, 6.07) is 2.16. The number of nitrogens with zero attached hydrogens (tertiary/aromatic N) is 1. The molecule has 3 rings (SSSR count). The van der Waals surface area contributed by atoms with Gasteiger partial charge >= 0.3 is 0 Å². The second kappa shape index (κ2) is 4.85. The maximum absolute atomic E-state index is 14.5. The van der Waals surface area contributed by atoms with E-state index in [1.165, 1.54) is 0 Å². The number of halogens is 1. The molecule has 21 heavy (non-hydrogen) atoms. The van der Waals surface area contributed by atoms with E-state index in [4.69, 9.17) is 12.2 Å². The van der Waals surface area contributed by atoms with E-state index < -0.39 is 5.82 Å². The molecule has 3 nitrogen and oxygen atoms in total. The summed E-state index contributed by atoms with van der Waals surface area (Å²) in [6.07, 6.45) is 9.51. The van der Waals surface area contributed by atoms with E-state index in [1.54, 1.807) is 6.07 Å². The average molecular weight is 283 g/mol. The van der Waals surface area contributed by atoms with Crippen molar-refractivity contribution in [2.24, 2.45) is 0 Å². The Morgan fingerprint density at radius 2 is 2.29 bits per heavy atom. The van der Waals surface area contributed by atoms with Gasteiger partial charge in [-0.3, -0.25) is 0 Å². The predicted octanol–water partition coefficient (Wildman–Crippen LogP) is 3.35. The molecule has 1 aliphatic carbocycles. The number of hydrogen-bond donors (Lipinski definition) is 2. The minimum atomic E-state index is -0.420. The smallest absolute Gasteiger partial charge is 0.169 e. The van der Waals surface area contributed by atoms with Crippen molar-refractivity contribution in [1.29, 1.82) is 0 Å². The molecule has 0 amide bonds. The van der Waals surface area contributed by atoms with Crippen molar-refractivity contribution in [3.63, 3.8) is 0 Å². The maximum atomic E-state index is 14.5. The third kappa shape index (κ3) is 2.15. The Labute approximate surface area is 124 Å². The zero-order valence-electron chi connectivity index (χ0n) is 12.0. The SMILES string of the molecule is C#CC1=CN(CC)c2cc(NC3CC3)c(F)c(N)c2C1=C. The molecule has 0 saturated heterocycles. The lowest BCUT2D eigenvalue weighted by molar-refractivity contribution is 0.634. The molecule has 0 unspecified atom stereocenters. The molecule has 108 valence electrons. The van der Waals surface area contributed by atoms with Gasteiger partial charge in [0.05, 0.1) is 17.1 Å². The van der Waals surface area contributed by atoms with E-state index in [1.807, 2.05) is 18.0 Å². The molecule has 4 heteroatoms. The van der Waals surface area contributed by atoms with E-state index in [0.717, 1.165) is 25.1 Å². The van der Waals surface area contributed by atoms with Gasteiger partial charge in [-0.25, -0.2) is 4.39 Å². The number of nitrogens with two attached hydrogens (primary N) is 1. The number of terminal acetylenes is 1. The standard InChI is InChI=1S/C17H18FN3/c1-4-11-9-21(5-2)14-8-13(20-12-6-7-12)16(18)17(19)15(14)10(11)3/h1,8-9,12,20H,3,5-7,19H2,2H3. The number of benzene rings is 1. The number of nitrogen functional groups attached to an aromatic ring is 1. The first kappa shape index (κ1) is 13.6. The van der Waals surface area contributed by atoms with Crippen LogP contribution in [-0.2, 0) is 0 Å². The highest BCUT2D eigenvalue weighted by atomic mass is 19.1. The second-order valence-corrected chi connectivity index (χ2v) is 5.42. The normalized spacial score (nSPS) is 17.1. The van der Waals surface area contributed by atoms with Crippen molar-refractivity contribution in [1.82, 2.24) is 0 Å². The molecule has 0 radical (unpaired) electrons. The van der Waals surface area contributed by atoms with E-state index in [-0.39, 0.29) is 5.69 Å². The lowest BCUT2D eigenvalue weighted by Crippen LogP contribution is -2.23. The fourth-order valence-corrected chi connectivity index (χ4v) is 2.59. The van der Waals surface area contributed by atoms with E-state index in [2.05, 4.69) is 17.8 Å². The van der Waals surface area contributed by atoms with Crippen molar-refractivity contribution < 1.29 is 4.39 Å². The van der Waals surface area contributed by atoms with Crippen LogP contribution in [0, 0.1) is 18.2 Å². The summed E-state index contributed by atoms with van der Waals surface area (Å²) in [5.74, 6) is 2.17. The summed E-state index contributed by atoms with van der Waals surface area (Å²) in [5.41, 5.74) is 9.29. The molecule has 0 atom stereocenters. The molecule has 0 bridgehead atoms. The van der Waals surface area contributed by atoms with E-state index >= 15 is 0 Å². The van der Waals surface area contributed by atoms with Gasteiger partial charge in [0, 0.05) is 29.9 Å². The molecule has 0 aromatic heterocycles. The quantitative estimate of drug-likeness (QED) is 0.660. The summed E-state index contributed by atoms with van der Waals surface area (Å²) in [7, 11) is 0. The van der Waals surface area contributed by atoms with Gasteiger partial charge in [-0.1, -0.05) is 12.5 Å². The first-order valence-corrected chi connectivity index (χ1v) is 7.10. The van der Waals surface area contributed by atoms with Crippen molar-refractivity contribution in [2.75, 3.05) is 22.5 Å². The Hall–Kier alpha value is -2.41. The van der Waals surface area contributed by atoms with Crippen LogP contribution in [0.25, 0.3) is 5.57 Å². The van der Waals surface area contributed by atoms with Gasteiger partial charge in [0.2, 0.25) is 0 Å². The molecular formula is C17H18FN3. The highest BCUT2D eigenvalue weighted by Crippen LogP contribution is 2.43. The Morgan fingerprint density at radius 3 is 2.86 bits per heavy atom. The Bertz CT molecular complexity index is 693. The summed E-state index contributed by atoms with van der Waals surface area (Å²) in [5, 5.41) is 3.19. The molecule has 2 aliphatic rings. The first-order chi connectivity index (χ1) is 10.1. The van der Waals surface area contributed by atoms with Crippen molar-refractivity contribution in [3.8, 4) is 12.3 Å². The number of fused-ring (bicyclic) bond motifs is 1. The molecular weight excluding hydrogens is 265 g/mol. The van der Waals surface area contributed by atoms with Crippen LogP contribution < -0.4 is 16.0 Å². The highest BCUT2D eigenvalue weighted by molar-refractivity contribution is 5.98. The molecule has 1 fully saturated rings.